The van der Waals surface area contributed by atoms with Crippen molar-refractivity contribution in [2.75, 3.05) is 23.3 Å². The molecule has 6 nitrogen and oxygen atoms in total. The van der Waals surface area contributed by atoms with Gasteiger partial charge in [-0.2, -0.15) is 0 Å². The summed E-state index contributed by atoms with van der Waals surface area (Å²) >= 11 is 0. The molecule has 0 aliphatic carbocycles. The van der Waals surface area contributed by atoms with Crippen molar-refractivity contribution in [3.63, 3.8) is 0 Å². The Labute approximate surface area is 193 Å². The molecule has 2 heterocycles. The number of hydrogen-bond donors (Lipinski definition) is 1. The maximum atomic E-state index is 13.2. The zero-order valence-corrected chi connectivity index (χ0v) is 18.4. The van der Waals surface area contributed by atoms with Gasteiger partial charge < -0.3 is 15.0 Å². The van der Waals surface area contributed by atoms with Crippen molar-refractivity contribution >= 4 is 28.4 Å². The molecule has 1 fully saturated rings. The smallest absolute Gasteiger partial charge is 0.278 e. The van der Waals surface area contributed by atoms with Crippen molar-refractivity contribution in [1.29, 1.82) is 0 Å². The van der Waals surface area contributed by atoms with Crippen LogP contribution >= 0.6 is 0 Å². The number of fused-ring (bicyclic) bond motifs is 1. The SMILES string of the molecule is O=C(Nc1ccc(OCc2ccccc2)cc1)c1nc2ccccc2nc1N1CCCCC1. The summed E-state index contributed by atoms with van der Waals surface area (Å²) in [5.74, 6) is 1.15. The number of ether oxygens (including phenoxy) is 1. The second-order valence-electron chi connectivity index (χ2n) is 8.19. The molecule has 0 bridgehead atoms. The summed E-state index contributed by atoms with van der Waals surface area (Å²) in [7, 11) is 0. The fourth-order valence-corrected chi connectivity index (χ4v) is 4.03. The van der Waals surface area contributed by atoms with E-state index in [2.05, 4.69) is 15.2 Å². The van der Waals surface area contributed by atoms with E-state index in [1.807, 2.05) is 78.9 Å². The van der Waals surface area contributed by atoms with E-state index >= 15 is 0 Å². The summed E-state index contributed by atoms with van der Waals surface area (Å²) < 4.78 is 5.84. The molecule has 4 aromatic rings. The highest BCUT2D eigenvalue weighted by atomic mass is 16.5. The van der Waals surface area contributed by atoms with Gasteiger partial charge >= 0.3 is 0 Å². The third kappa shape index (κ3) is 4.95. The van der Waals surface area contributed by atoms with E-state index < -0.39 is 0 Å². The lowest BCUT2D eigenvalue weighted by molar-refractivity contribution is 0.102. The van der Waals surface area contributed by atoms with Crippen LogP contribution in [0.2, 0.25) is 0 Å². The van der Waals surface area contributed by atoms with Crippen LogP contribution in [0.3, 0.4) is 0 Å². The van der Waals surface area contributed by atoms with Crippen molar-refractivity contribution < 1.29 is 9.53 Å². The zero-order valence-electron chi connectivity index (χ0n) is 18.4. The molecule has 1 amide bonds. The van der Waals surface area contributed by atoms with Gasteiger partial charge in [-0.3, -0.25) is 4.79 Å². The molecule has 1 saturated heterocycles. The van der Waals surface area contributed by atoms with Gasteiger partial charge in [-0.1, -0.05) is 42.5 Å². The van der Waals surface area contributed by atoms with Crippen LogP contribution < -0.4 is 15.0 Å². The second kappa shape index (κ2) is 9.69. The number of hydrogen-bond acceptors (Lipinski definition) is 5. The summed E-state index contributed by atoms with van der Waals surface area (Å²) in [6.45, 7) is 2.28. The molecule has 166 valence electrons. The van der Waals surface area contributed by atoms with Crippen LogP contribution in [0.5, 0.6) is 5.75 Å². The largest absolute Gasteiger partial charge is 0.489 e. The first-order valence-electron chi connectivity index (χ1n) is 11.4. The van der Waals surface area contributed by atoms with E-state index in [4.69, 9.17) is 9.72 Å². The van der Waals surface area contributed by atoms with Gasteiger partial charge in [-0.15, -0.1) is 0 Å². The molecule has 0 atom stereocenters. The van der Waals surface area contributed by atoms with Crippen molar-refractivity contribution in [3.8, 4) is 5.75 Å². The van der Waals surface area contributed by atoms with Crippen LogP contribution in [0.15, 0.2) is 78.9 Å². The van der Waals surface area contributed by atoms with Crippen molar-refractivity contribution in [2.45, 2.75) is 25.9 Å². The molecule has 1 N–H and O–H groups in total. The van der Waals surface area contributed by atoms with Crippen molar-refractivity contribution in [1.82, 2.24) is 9.97 Å². The predicted molar refractivity (Wildman–Crippen MR) is 131 cm³/mol. The summed E-state index contributed by atoms with van der Waals surface area (Å²) in [6, 6.07) is 25.1. The number of nitrogens with zero attached hydrogens (tertiary/aromatic N) is 3. The summed E-state index contributed by atoms with van der Waals surface area (Å²) in [5.41, 5.74) is 3.67. The van der Waals surface area contributed by atoms with Gasteiger partial charge in [0.05, 0.1) is 11.0 Å². The Hall–Kier alpha value is -3.93. The summed E-state index contributed by atoms with van der Waals surface area (Å²) in [4.78, 5) is 24.9. The van der Waals surface area contributed by atoms with Crippen LogP contribution in [-0.2, 0) is 6.61 Å². The molecule has 0 unspecified atom stereocenters. The van der Waals surface area contributed by atoms with E-state index in [1.54, 1.807) is 0 Å². The molecule has 0 spiro atoms. The first-order valence-corrected chi connectivity index (χ1v) is 11.4. The molecule has 0 saturated carbocycles. The number of aromatic nitrogens is 2. The van der Waals surface area contributed by atoms with Gasteiger partial charge in [-0.05, 0) is 61.2 Å². The minimum atomic E-state index is -0.258. The van der Waals surface area contributed by atoms with Crippen LogP contribution in [0.25, 0.3) is 11.0 Å². The van der Waals surface area contributed by atoms with Crippen LogP contribution in [0.4, 0.5) is 11.5 Å². The average Bonchev–Trinajstić information content (AvgIpc) is 2.88. The number of amides is 1. The Balaban J connectivity index is 1.34. The molecule has 33 heavy (non-hydrogen) atoms. The summed E-state index contributed by atoms with van der Waals surface area (Å²) in [6.07, 6.45) is 3.40. The molecule has 0 radical (unpaired) electrons. The number of piperidine rings is 1. The highest BCUT2D eigenvalue weighted by Crippen LogP contribution is 2.25. The third-order valence-corrected chi connectivity index (χ3v) is 5.78. The topological polar surface area (TPSA) is 67.3 Å². The Morgan fingerprint density at radius 1 is 0.818 bits per heavy atom. The van der Waals surface area contributed by atoms with Gasteiger partial charge in [-0.25, -0.2) is 9.97 Å². The lowest BCUT2D eigenvalue weighted by atomic mass is 10.1. The Morgan fingerprint density at radius 3 is 2.21 bits per heavy atom. The van der Waals surface area contributed by atoms with Crippen LogP contribution in [0, 0.1) is 0 Å². The number of carbonyl (C=O) groups excluding carboxylic acids is 1. The fraction of sp³-hybridized carbons (Fsp3) is 0.222. The lowest BCUT2D eigenvalue weighted by Crippen LogP contribution is -2.33. The highest BCUT2D eigenvalue weighted by Gasteiger charge is 2.23. The monoisotopic (exact) mass is 438 g/mol. The number of rotatable bonds is 6. The van der Waals surface area contributed by atoms with Crippen LogP contribution in [0.1, 0.15) is 35.3 Å². The quantitative estimate of drug-likeness (QED) is 0.433. The van der Waals surface area contributed by atoms with E-state index in [1.165, 1.54) is 6.42 Å². The number of anilines is 2. The fourth-order valence-electron chi connectivity index (χ4n) is 4.03. The van der Waals surface area contributed by atoms with E-state index in [0.717, 1.165) is 42.8 Å². The molecule has 1 aliphatic heterocycles. The van der Waals surface area contributed by atoms with Crippen molar-refractivity contribution in [2.24, 2.45) is 0 Å². The number of para-hydroxylation sites is 2. The molecular weight excluding hydrogens is 412 g/mol. The van der Waals surface area contributed by atoms with Crippen LogP contribution in [-0.4, -0.2) is 29.0 Å². The molecule has 1 aliphatic rings. The average molecular weight is 439 g/mol. The molecule has 1 aromatic heterocycles. The maximum Gasteiger partial charge on any atom is 0.278 e. The number of carbonyl (C=O) groups is 1. The highest BCUT2D eigenvalue weighted by molar-refractivity contribution is 6.07. The van der Waals surface area contributed by atoms with Gasteiger partial charge in [0.25, 0.3) is 5.91 Å². The van der Waals surface area contributed by atoms with E-state index in [9.17, 15) is 4.79 Å². The van der Waals surface area contributed by atoms with E-state index in [0.29, 0.717) is 29.3 Å². The molecule has 6 heteroatoms. The third-order valence-electron chi connectivity index (χ3n) is 5.78. The predicted octanol–water partition coefficient (Wildman–Crippen LogP) is 5.45. The number of nitrogens with one attached hydrogen (secondary N) is 1. The Bertz CT molecular complexity index is 1240. The summed E-state index contributed by atoms with van der Waals surface area (Å²) in [5, 5.41) is 2.98. The van der Waals surface area contributed by atoms with Gasteiger partial charge in [0.15, 0.2) is 11.5 Å². The minimum Gasteiger partial charge on any atom is -0.489 e. The van der Waals surface area contributed by atoms with Crippen molar-refractivity contribution in [3.05, 3.63) is 90.1 Å². The maximum absolute atomic E-state index is 13.2. The normalized spacial score (nSPS) is 13.6. The van der Waals surface area contributed by atoms with Gasteiger partial charge in [0.1, 0.15) is 12.4 Å². The first-order chi connectivity index (χ1) is 16.3. The number of benzene rings is 3. The molecule has 5 rings (SSSR count). The molecule has 3 aromatic carbocycles. The van der Waals surface area contributed by atoms with E-state index in [-0.39, 0.29) is 5.91 Å². The zero-order chi connectivity index (χ0) is 22.5. The van der Waals surface area contributed by atoms with Gasteiger partial charge in [0, 0.05) is 18.8 Å². The standard InChI is InChI=1S/C27H26N4O2/c32-27(28-21-13-15-22(16-14-21)33-19-20-9-3-1-4-10-20)25-26(31-17-7-2-8-18-31)30-24-12-6-5-11-23(24)29-25/h1,3-6,9-16H,2,7-8,17-19H2,(H,28,32). The Kier molecular flexibility index (Phi) is 6.15. The lowest BCUT2D eigenvalue weighted by Gasteiger charge is -2.29. The second-order valence-corrected chi connectivity index (χ2v) is 8.19. The van der Waals surface area contributed by atoms with Gasteiger partial charge in [0.2, 0.25) is 0 Å². The minimum absolute atomic E-state index is 0.258. The first kappa shape index (κ1) is 20.9. The Morgan fingerprint density at radius 2 is 1.48 bits per heavy atom. The molecular formula is C27H26N4O2.